The Labute approximate surface area is 155 Å². The van der Waals surface area contributed by atoms with Crippen LogP contribution >= 0.6 is 0 Å². The molecule has 1 fully saturated rings. The molecule has 1 atom stereocenters. The maximum absolute atomic E-state index is 12.1. The fraction of sp³-hybridized carbons (Fsp3) is 0.263. The molecule has 1 saturated heterocycles. The van der Waals surface area contributed by atoms with E-state index in [4.69, 9.17) is 9.72 Å². The summed E-state index contributed by atoms with van der Waals surface area (Å²) in [4.78, 5) is 27.8. The summed E-state index contributed by atoms with van der Waals surface area (Å²) in [6.45, 7) is 1.58. The lowest BCUT2D eigenvalue weighted by molar-refractivity contribution is -0.115. The van der Waals surface area contributed by atoms with Crippen molar-refractivity contribution in [2.75, 3.05) is 30.0 Å². The van der Waals surface area contributed by atoms with Crippen LogP contribution < -0.4 is 10.2 Å². The maximum atomic E-state index is 12.1. The van der Waals surface area contributed by atoms with Crippen LogP contribution in [0.1, 0.15) is 6.42 Å². The van der Waals surface area contributed by atoms with E-state index in [1.54, 1.807) is 12.4 Å². The van der Waals surface area contributed by atoms with E-state index in [0.29, 0.717) is 24.8 Å². The molecule has 2 aliphatic heterocycles. The summed E-state index contributed by atoms with van der Waals surface area (Å²) >= 11 is 0. The molecule has 8 nitrogen and oxygen atoms in total. The van der Waals surface area contributed by atoms with Gasteiger partial charge in [0, 0.05) is 24.6 Å². The van der Waals surface area contributed by atoms with Crippen molar-refractivity contribution in [2.45, 2.75) is 12.5 Å². The van der Waals surface area contributed by atoms with Crippen LogP contribution in [0.3, 0.4) is 0 Å². The van der Waals surface area contributed by atoms with Crippen molar-refractivity contribution in [1.29, 1.82) is 0 Å². The van der Waals surface area contributed by atoms with Gasteiger partial charge in [0.25, 0.3) is 0 Å². The first kappa shape index (κ1) is 16.0. The van der Waals surface area contributed by atoms with Crippen LogP contribution in [0, 0.1) is 0 Å². The maximum Gasteiger partial charge on any atom is 0.244 e. The second-order valence-electron chi connectivity index (χ2n) is 6.59. The van der Waals surface area contributed by atoms with Crippen molar-refractivity contribution in [3.05, 3.63) is 48.9 Å². The van der Waals surface area contributed by atoms with Crippen LogP contribution in [0.2, 0.25) is 0 Å². The smallest absolute Gasteiger partial charge is 0.244 e. The highest BCUT2D eigenvalue weighted by Gasteiger charge is 2.32. The normalized spacial score (nSPS) is 19.0. The van der Waals surface area contributed by atoms with Gasteiger partial charge in [0.1, 0.15) is 11.5 Å². The Hall–Kier alpha value is -3.26. The second-order valence-corrected chi connectivity index (χ2v) is 6.59. The highest BCUT2D eigenvalue weighted by atomic mass is 16.5. The number of anilines is 2. The number of nitrogens with one attached hydrogen (secondary N) is 1. The van der Waals surface area contributed by atoms with Gasteiger partial charge >= 0.3 is 0 Å². The van der Waals surface area contributed by atoms with E-state index >= 15 is 0 Å². The van der Waals surface area contributed by atoms with Crippen LogP contribution in [-0.2, 0) is 9.53 Å². The number of benzene rings is 1. The van der Waals surface area contributed by atoms with E-state index in [1.165, 1.54) is 0 Å². The average Bonchev–Trinajstić information content (AvgIpc) is 3.40. The number of carbonyl (C=O) groups is 1. The molecule has 1 amide bonds. The molecule has 2 aliphatic rings. The summed E-state index contributed by atoms with van der Waals surface area (Å²) in [6, 6.07) is 10.1. The highest BCUT2D eigenvalue weighted by Crippen LogP contribution is 2.31. The number of amides is 1. The summed E-state index contributed by atoms with van der Waals surface area (Å²) in [5.41, 5.74) is 1.61. The van der Waals surface area contributed by atoms with Gasteiger partial charge in [-0.3, -0.25) is 9.36 Å². The number of ether oxygens (including phenoxy) is 1. The number of aromatic nitrogens is 4. The van der Waals surface area contributed by atoms with Crippen molar-refractivity contribution in [1.82, 2.24) is 19.5 Å². The zero-order valence-corrected chi connectivity index (χ0v) is 14.6. The first-order chi connectivity index (χ1) is 13.3. The van der Waals surface area contributed by atoms with Crippen molar-refractivity contribution in [2.24, 2.45) is 0 Å². The van der Waals surface area contributed by atoms with Crippen molar-refractivity contribution >= 4 is 17.4 Å². The first-order valence-corrected chi connectivity index (χ1v) is 8.90. The zero-order chi connectivity index (χ0) is 18.2. The van der Waals surface area contributed by atoms with Gasteiger partial charge in [0.15, 0.2) is 5.82 Å². The van der Waals surface area contributed by atoms with E-state index < -0.39 is 0 Å². The Morgan fingerprint density at radius 2 is 2.07 bits per heavy atom. The fourth-order valence-corrected chi connectivity index (χ4v) is 3.54. The summed E-state index contributed by atoms with van der Waals surface area (Å²) < 4.78 is 7.36. The molecule has 0 bridgehead atoms. The van der Waals surface area contributed by atoms with Gasteiger partial charge in [0.05, 0.1) is 25.4 Å². The van der Waals surface area contributed by atoms with Gasteiger partial charge in [-0.2, -0.15) is 4.98 Å². The molecule has 2 aromatic heterocycles. The Kier molecular flexibility index (Phi) is 3.83. The van der Waals surface area contributed by atoms with E-state index in [0.717, 1.165) is 23.6 Å². The summed E-state index contributed by atoms with van der Waals surface area (Å²) in [7, 11) is 0. The van der Waals surface area contributed by atoms with E-state index in [1.807, 2.05) is 46.0 Å². The van der Waals surface area contributed by atoms with Gasteiger partial charge < -0.3 is 15.0 Å². The number of nitrogens with zero attached hydrogens (tertiary/aromatic N) is 5. The molecule has 5 rings (SSSR count). The molecule has 8 heteroatoms. The number of fused-ring (bicyclic) bond motifs is 1. The third kappa shape index (κ3) is 2.83. The second kappa shape index (κ2) is 6.48. The molecule has 27 heavy (non-hydrogen) atoms. The molecule has 0 radical (unpaired) electrons. The monoisotopic (exact) mass is 362 g/mol. The summed E-state index contributed by atoms with van der Waals surface area (Å²) in [5.74, 6) is 1.96. The largest absolute Gasteiger partial charge is 0.379 e. The molecule has 0 aliphatic carbocycles. The number of imidazole rings is 1. The molecule has 1 unspecified atom stereocenters. The van der Waals surface area contributed by atoms with Gasteiger partial charge in [-0.15, -0.1) is 0 Å². The number of hydrogen-bond donors (Lipinski definition) is 1. The van der Waals surface area contributed by atoms with Crippen molar-refractivity contribution < 1.29 is 9.53 Å². The molecule has 136 valence electrons. The van der Waals surface area contributed by atoms with Crippen LogP contribution in [0.4, 0.5) is 11.5 Å². The lowest BCUT2D eigenvalue weighted by Crippen LogP contribution is -2.45. The molecular formula is C19H18N6O2. The molecule has 0 saturated carbocycles. The molecule has 4 heterocycles. The minimum Gasteiger partial charge on any atom is -0.379 e. The minimum atomic E-state index is -0.0571. The Morgan fingerprint density at radius 1 is 1.19 bits per heavy atom. The van der Waals surface area contributed by atoms with E-state index in [9.17, 15) is 4.79 Å². The Balaban J connectivity index is 1.58. The van der Waals surface area contributed by atoms with Crippen LogP contribution in [0.5, 0.6) is 0 Å². The average molecular weight is 362 g/mol. The lowest BCUT2D eigenvalue weighted by Gasteiger charge is -2.33. The highest BCUT2D eigenvalue weighted by molar-refractivity contribution is 6.00. The number of rotatable bonds is 3. The van der Waals surface area contributed by atoms with Gasteiger partial charge in [-0.25, -0.2) is 9.97 Å². The zero-order valence-electron chi connectivity index (χ0n) is 14.6. The summed E-state index contributed by atoms with van der Waals surface area (Å²) in [6.07, 6.45) is 6.11. The van der Waals surface area contributed by atoms with E-state index in [-0.39, 0.29) is 18.5 Å². The summed E-state index contributed by atoms with van der Waals surface area (Å²) in [5, 5.41) is 2.86. The van der Waals surface area contributed by atoms with Gasteiger partial charge in [-0.1, -0.05) is 30.3 Å². The Morgan fingerprint density at radius 3 is 2.89 bits per heavy atom. The van der Waals surface area contributed by atoms with Crippen LogP contribution in [-0.4, -0.2) is 51.2 Å². The molecule has 3 aromatic rings. The standard InChI is InChI=1S/C19H18N6O2/c26-16-11-25(14-6-9-27-12-14)18-15(22-16)10-21-19(23-18)24-8-7-20-17(24)13-4-2-1-3-5-13/h1-5,7-8,10,14H,6,9,11-12H2,(H,22,26). The molecule has 1 aromatic carbocycles. The van der Waals surface area contributed by atoms with Crippen molar-refractivity contribution in [3.8, 4) is 17.3 Å². The first-order valence-electron chi connectivity index (χ1n) is 8.90. The SMILES string of the molecule is O=C1CN(C2CCOC2)c2nc(-n3ccnc3-c3ccccc3)ncc2N1. The van der Waals surface area contributed by atoms with Crippen LogP contribution in [0.25, 0.3) is 17.3 Å². The minimum absolute atomic E-state index is 0.0571. The topological polar surface area (TPSA) is 85.2 Å². The van der Waals surface area contributed by atoms with Gasteiger partial charge in [0.2, 0.25) is 11.9 Å². The number of carbonyl (C=O) groups excluding carboxylic acids is 1. The lowest BCUT2D eigenvalue weighted by atomic mass is 10.2. The van der Waals surface area contributed by atoms with Crippen molar-refractivity contribution in [3.63, 3.8) is 0 Å². The predicted molar refractivity (Wildman–Crippen MR) is 99.8 cm³/mol. The third-order valence-corrected chi connectivity index (χ3v) is 4.85. The Bertz CT molecular complexity index is 981. The quantitative estimate of drug-likeness (QED) is 0.766. The predicted octanol–water partition coefficient (Wildman–Crippen LogP) is 1.88. The van der Waals surface area contributed by atoms with E-state index in [2.05, 4.69) is 15.3 Å². The molecule has 1 N–H and O–H groups in total. The van der Waals surface area contributed by atoms with Crippen LogP contribution in [0.15, 0.2) is 48.9 Å². The van der Waals surface area contributed by atoms with Gasteiger partial charge in [-0.05, 0) is 6.42 Å². The number of hydrogen-bond acceptors (Lipinski definition) is 6. The third-order valence-electron chi connectivity index (χ3n) is 4.85. The molecular weight excluding hydrogens is 344 g/mol. The molecule has 0 spiro atoms. The fourth-order valence-electron chi connectivity index (χ4n) is 3.54.